The van der Waals surface area contributed by atoms with E-state index in [0.717, 1.165) is 36.5 Å². The fourth-order valence-corrected chi connectivity index (χ4v) is 2.79. The predicted molar refractivity (Wildman–Crippen MR) is 83.0 cm³/mol. The number of nitrogens with zero attached hydrogens (tertiary/aromatic N) is 1. The summed E-state index contributed by atoms with van der Waals surface area (Å²) in [5.74, 6) is 1.55. The van der Waals surface area contributed by atoms with Crippen molar-refractivity contribution in [3.05, 3.63) is 23.8 Å². The molecule has 2 rings (SSSR count). The van der Waals surface area contributed by atoms with Gasteiger partial charge >= 0.3 is 0 Å². The van der Waals surface area contributed by atoms with Crippen LogP contribution in [-0.4, -0.2) is 49.7 Å². The summed E-state index contributed by atoms with van der Waals surface area (Å²) >= 11 is 3.50. The van der Waals surface area contributed by atoms with E-state index in [1.807, 2.05) is 12.1 Å². The number of morpholine rings is 1. The molecule has 0 radical (unpaired) electrons. The fraction of sp³-hybridized carbons (Fsp3) is 0.600. The van der Waals surface area contributed by atoms with Crippen molar-refractivity contribution < 1.29 is 14.2 Å². The van der Waals surface area contributed by atoms with Crippen LogP contribution in [0.5, 0.6) is 11.5 Å². The van der Waals surface area contributed by atoms with Crippen LogP contribution < -0.4 is 9.47 Å². The maximum absolute atomic E-state index is 5.76. The topological polar surface area (TPSA) is 30.9 Å². The Hall–Kier alpha value is -0.780. The molecular weight excluding hydrogens is 322 g/mol. The third kappa shape index (κ3) is 3.65. The van der Waals surface area contributed by atoms with Crippen molar-refractivity contribution in [3.63, 3.8) is 0 Å². The minimum atomic E-state index is 0.270. The van der Waals surface area contributed by atoms with Gasteiger partial charge in [0.1, 0.15) is 0 Å². The Morgan fingerprint density at radius 3 is 2.70 bits per heavy atom. The molecule has 1 aliphatic heterocycles. The Morgan fingerprint density at radius 1 is 1.30 bits per heavy atom. The summed E-state index contributed by atoms with van der Waals surface area (Å²) in [6.07, 6.45) is 0.270. The van der Waals surface area contributed by atoms with Gasteiger partial charge in [-0.15, -0.1) is 0 Å². The molecule has 1 aliphatic rings. The smallest absolute Gasteiger partial charge is 0.161 e. The highest BCUT2D eigenvalue weighted by Gasteiger charge is 2.25. The highest BCUT2D eigenvalue weighted by atomic mass is 79.9. The van der Waals surface area contributed by atoms with Gasteiger partial charge in [-0.1, -0.05) is 22.0 Å². The molecule has 1 saturated heterocycles. The molecule has 0 aromatic heterocycles. The van der Waals surface area contributed by atoms with Crippen LogP contribution in [-0.2, 0) is 11.3 Å². The number of rotatable bonds is 5. The normalized spacial score (nSPS) is 23.6. The van der Waals surface area contributed by atoms with E-state index in [1.54, 1.807) is 14.2 Å². The largest absolute Gasteiger partial charge is 0.493 e. The maximum atomic E-state index is 5.76. The summed E-state index contributed by atoms with van der Waals surface area (Å²) in [5, 5.41) is 0.877. The first-order valence-electron chi connectivity index (χ1n) is 6.80. The number of hydrogen-bond donors (Lipinski definition) is 0. The van der Waals surface area contributed by atoms with Gasteiger partial charge in [0.2, 0.25) is 0 Å². The Kier molecular flexibility index (Phi) is 5.69. The van der Waals surface area contributed by atoms with Crippen molar-refractivity contribution in [1.29, 1.82) is 0 Å². The molecule has 1 heterocycles. The number of ether oxygens (including phenoxy) is 3. The van der Waals surface area contributed by atoms with E-state index in [4.69, 9.17) is 14.2 Å². The summed E-state index contributed by atoms with van der Waals surface area (Å²) in [4.78, 5) is 2.44. The molecule has 0 bridgehead atoms. The van der Waals surface area contributed by atoms with Crippen LogP contribution in [0, 0.1) is 0 Å². The summed E-state index contributed by atoms with van der Waals surface area (Å²) in [7, 11) is 3.32. The van der Waals surface area contributed by atoms with Crippen molar-refractivity contribution >= 4 is 15.9 Å². The van der Waals surface area contributed by atoms with Gasteiger partial charge in [0.15, 0.2) is 11.5 Å². The molecular formula is C15H22BrNO3. The van der Waals surface area contributed by atoms with Crippen molar-refractivity contribution in [3.8, 4) is 11.5 Å². The third-order valence-electron chi connectivity index (χ3n) is 3.64. The molecule has 0 saturated carbocycles. The minimum Gasteiger partial charge on any atom is -0.493 e. The quantitative estimate of drug-likeness (QED) is 0.769. The predicted octanol–water partition coefficient (Wildman–Crippen LogP) is 2.69. The van der Waals surface area contributed by atoms with Crippen molar-refractivity contribution in [2.45, 2.75) is 25.6 Å². The van der Waals surface area contributed by atoms with E-state index < -0.39 is 0 Å². The van der Waals surface area contributed by atoms with Crippen molar-refractivity contribution in [2.24, 2.45) is 0 Å². The summed E-state index contributed by atoms with van der Waals surface area (Å²) in [6.45, 7) is 4.82. The van der Waals surface area contributed by atoms with Crippen LogP contribution >= 0.6 is 15.9 Å². The lowest BCUT2D eigenvalue weighted by Crippen LogP contribution is -2.48. The van der Waals surface area contributed by atoms with E-state index in [2.05, 4.69) is 33.8 Å². The molecule has 5 heteroatoms. The third-order valence-corrected chi connectivity index (χ3v) is 4.36. The Bertz CT molecular complexity index is 441. The fourth-order valence-electron chi connectivity index (χ4n) is 2.40. The first-order valence-corrected chi connectivity index (χ1v) is 7.92. The van der Waals surface area contributed by atoms with Crippen LogP contribution in [0.15, 0.2) is 18.2 Å². The van der Waals surface area contributed by atoms with E-state index in [1.165, 1.54) is 5.56 Å². The van der Waals surface area contributed by atoms with Gasteiger partial charge in [0.25, 0.3) is 0 Å². The second kappa shape index (κ2) is 7.29. The summed E-state index contributed by atoms with van der Waals surface area (Å²) < 4.78 is 16.4. The molecule has 0 aliphatic carbocycles. The molecule has 0 amide bonds. The van der Waals surface area contributed by atoms with E-state index in [0.29, 0.717) is 6.04 Å². The summed E-state index contributed by atoms with van der Waals surface area (Å²) in [6, 6.07) is 6.52. The van der Waals surface area contributed by atoms with Gasteiger partial charge in [-0.05, 0) is 24.6 Å². The second-order valence-electron chi connectivity index (χ2n) is 5.08. The molecule has 4 nitrogen and oxygen atoms in total. The van der Waals surface area contributed by atoms with Crippen LogP contribution in [0.4, 0.5) is 0 Å². The molecule has 1 aromatic rings. The summed E-state index contributed by atoms with van der Waals surface area (Å²) in [5.41, 5.74) is 1.23. The Labute approximate surface area is 129 Å². The average Bonchev–Trinajstić information content (AvgIpc) is 2.49. The van der Waals surface area contributed by atoms with Gasteiger partial charge in [0.05, 0.1) is 26.9 Å². The lowest BCUT2D eigenvalue weighted by atomic mass is 10.1. The van der Waals surface area contributed by atoms with E-state index in [9.17, 15) is 0 Å². The van der Waals surface area contributed by atoms with E-state index >= 15 is 0 Å². The van der Waals surface area contributed by atoms with Gasteiger partial charge in [0, 0.05) is 24.5 Å². The lowest BCUT2D eigenvalue weighted by molar-refractivity contribution is -0.0499. The van der Waals surface area contributed by atoms with Gasteiger partial charge in [-0.2, -0.15) is 0 Å². The number of methoxy groups -OCH3 is 2. The van der Waals surface area contributed by atoms with Crippen LogP contribution in [0.3, 0.4) is 0 Å². The number of hydrogen-bond acceptors (Lipinski definition) is 4. The molecule has 112 valence electrons. The molecule has 0 N–H and O–H groups in total. The zero-order chi connectivity index (χ0) is 14.5. The first-order chi connectivity index (χ1) is 9.67. The highest BCUT2D eigenvalue weighted by molar-refractivity contribution is 9.09. The second-order valence-corrected chi connectivity index (χ2v) is 5.72. The Morgan fingerprint density at radius 2 is 2.05 bits per heavy atom. The molecule has 0 spiro atoms. The van der Waals surface area contributed by atoms with Crippen LogP contribution in [0.2, 0.25) is 0 Å². The highest BCUT2D eigenvalue weighted by Crippen LogP contribution is 2.28. The van der Waals surface area contributed by atoms with Crippen LogP contribution in [0.1, 0.15) is 12.5 Å². The average molecular weight is 344 g/mol. The number of benzene rings is 1. The molecule has 20 heavy (non-hydrogen) atoms. The van der Waals surface area contributed by atoms with E-state index in [-0.39, 0.29) is 6.10 Å². The molecule has 2 unspecified atom stereocenters. The number of alkyl halides is 1. The molecule has 1 fully saturated rings. The SMILES string of the molecule is COc1ccc(CN2CC(CBr)OCC2C)cc1OC. The van der Waals surface area contributed by atoms with Gasteiger partial charge < -0.3 is 14.2 Å². The van der Waals surface area contributed by atoms with Gasteiger partial charge in [-0.25, -0.2) is 0 Å². The van der Waals surface area contributed by atoms with Crippen molar-refractivity contribution in [1.82, 2.24) is 4.90 Å². The minimum absolute atomic E-state index is 0.270. The zero-order valence-electron chi connectivity index (χ0n) is 12.3. The zero-order valence-corrected chi connectivity index (χ0v) is 13.9. The van der Waals surface area contributed by atoms with Crippen molar-refractivity contribution in [2.75, 3.05) is 32.7 Å². The molecule has 1 aromatic carbocycles. The monoisotopic (exact) mass is 343 g/mol. The number of halogens is 1. The maximum Gasteiger partial charge on any atom is 0.161 e. The molecule has 2 atom stereocenters. The Balaban J connectivity index is 2.08. The first kappa shape index (κ1) is 15.6. The standard InChI is InChI=1S/C15H22BrNO3/c1-11-10-20-13(7-16)9-17(11)8-12-4-5-14(18-2)15(6-12)19-3/h4-6,11,13H,7-10H2,1-3H3. The van der Waals surface area contributed by atoms with Gasteiger partial charge in [-0.3, -0.25) is 4.90 Å². The van der Waals surface area contributed by atoms with Crippen LogP contribution in [0.25, 0.3) is 0 Å². The lowest BCUT2D eigenvalue weighted by Gasteiger charge is -2.37.